The Bertz CT molecular complexity index is 636. The number of aromatic nitrogens is 2. The average Bonchev–Trinajstić information content (AvgIpc) is 2.80. The van der Waals surface area contributed by atoms with Gasteiger partial charge in [0.2, 0.25) is 0 Å². The first kappa shape index (κ1) is 13.2. The van der Waals surface area contributed by atoms with Crippen LogP contribution in [0.25, 0.3) is 0 Å². The average molecular weight is 306 g/mol. The van der Waals surface area contributed by atoms with Gasteiger partial charge in [-0.25, -0.2) is 8.42 Å². The van der Waals surface area contributed by atoms with Gasteiger partial charge in [-0.1, -0.05) is 23.2 Å². The molecule has 0 spiro atoms. The van der Waals surface area contributed by atoms with Gasteiger partial charge in [-0.05, 0) is 18.2 Å². The molecule has 1 N–H and O–H groups in total. The summed E-state index contributed by atoms with van der Waals surface area (Å²) in [6, 6.07) is 4.57. The van der Waals surface area contributed by atoms with Crippen LogP contribution in [0.15, 0.2) is 35.5 Å². The quantitative estimate of drug-likeness (QED) is 0.947. The van der Waals surface area contributed by atoms with Crippen LogP contribution in [0, 0.1) is 0 Å². The number of sulfonamides is 1. The highest BCUT2D eigenvalue weighted by atomic mass is 35.5. The summed E-state index contributed by atoms with van der Waals surface area (Å²) in [5, 5.41) is 6.81. The molecule has 0 aliphatic heterocycles. The monoisotopic (exact) mass is 305 g/mol. The molecule has 0 fully saturated rings. The first-order valence-electron chi connectivity index (χ1n) is 4.85. The summed E-state index contributed by atoms with van der Waals surface area (Å²) in [7, 11) is -2.24. The van der Waals surface area contributed by atoms with Gasteiger partial charge in [-0.15, -0.1) is 0 Å². The molecule has 0 amide bonds. The van der Waals surface area contributed by atoms with Crippen LogP contribution < -0.4 is 4.31 Å². The SMILES string of the molecule is CN(c1cc(Cl)cc(Cl)c1)S(=O)(=O)c1cn[nH]c1. The van der Waals surface area contributed by atoms with E-state index in [2.05, 4.69) is 10.2 Å². The summed E-state index contributed by atoms with van der Waals surface area (Å²) in [6.07, 6.45) is 2.54. The van der Waals surface area contributed by atoms with Crippen LogP contribution in [-0.4, -0.2) is 25.7 Å². The highest BCUT2D eigenvalue weighted by Crippen LogP contribution is 2.28. The number of H-pyrrole nitrogens is 1. The molecular weight excluding hydrogens is 297 g/mol. The lowest BCUT2D eigenvalue weighted by molar-refractivity contribution is 0.594. The lowest BCUT2D eigenvalue weighted by atomic mass is 10.3. The summed E-state index contributed by atoms with van der Waals surface area (Å²) in [6.45, 7) is 0. The maximum Gasteiger partial charge on any atom is 0.267 e. The minimum absolute atomic E-state index is 0.0705. The smallest absolute Gasteiger partial charge is 0.267 e. The fraction of sp³-hybridized carbons (Fsp3) is 0.100. The number of hydrogen-bond acceptors (Lipinski definition) is 3. The summed E-state index contributed by atoms with van der Waals surface area (Å²) < 4.78 is 25.5. The largest absolute Gasteiger partial charge is 0.284 e. The van der Waals surface area contributed by atoms with Crippen LogP contribution >= 0.6 is 23.2 Å². The van der Waals surface area contributed by atoms with E-state index in [4.69, 9.17) is 23.2 Å². The van der Waals surface area contributed by atoms with Crippen molar-refractivity contribution in [1.29, 1.82) is 0 Å². The molecular formula is C10H9Cl2N3O2S. The Morgan fingerprint density at radius 2 is 1.83 bits per heavy atom. The number of hydrogen-bond donors (Lipinski definition) is 1. The second-order valence-electron chi connectivity index (χ2n) is 3.53. The van der Waals surface area contributed by atoms with E-state index in [0.29, 0.717) is 15.7 Å². The predicted molar refractivity (Wildman–Crippen MR) is 70.6 cm³/mol. The van der Waals surface area contributed by atoms with E-state index in [9.17, 15) is 8.42 Å². The third kappa shape index (κ3) is 2.45. The zero-order chi connectivity index (χ0) is 13.3. The number of nitrogens with one attached hydrogen (secondary N) is 1. The van der Waals surface area contributed by atoms with Gasteiger partial charge < -0.3 is 0 Å². The van der Waals surface area contributed by atoms with Crippen molar-refractivity contribution < 1.29 is 8.42 Å². The molecule has 2 rings (SSSR count). The van der Waals surface area contributed by atoms with Crippen LogP contribution in [0.3, 0.4) is 0 Å². The van der Waals surface area contributed by atoms with Crippen LogP contribution in [0.5, 0.6) is 0 Å². The number of rotatable bonds is 3. The second kappa shape index (κ2) is 4.79. The Labute approximate surface area is 114 Å². The molecule has 0 aliphatic rings. The van der Waals surface area contributed by atoms with Crippen LogP contribution in [0.2, 0.25) is 10.0 Å². The van der Waals surface area contributed by atoms with E-state index in [0.717, 1.165) is 4.31 Å². The first-order valence-corrected chi connectivity index (χ1v) is 7.04. The predicted octanol–water partition coefficient (Wildman–Crippen LogP) is 2.54. The van der Waals surface area contributed by atoms with Gasteiger partial charge in [-0.2, -0.15) is 5.10 Å². The van der Waals surface area contributed by atoms with Crippen molar-refractivity contribution in [2.75, 3.05) is 11.4 Å². The molecule has 0 aliphatic carbocycles. The first-order chi connectivity index (χ1) is 8.41. The molecule has 2 aromatic rings. The molecule has 18 heavy (non-hydrogen) atoms. The Balaban J connectivity index is 2.46. The minimum atomic E-state index is -3.66. The van der Waals surface area contributed by atoms with Crippen molar-refractivity contribution in [3.8, 4) is 0 Å². The van der Waals surface area contributed by atoms with Crippen LogP contribution in [0.4, 0.5) is 5.69 Å². The number of benzene rings is 1. The number of halogens is 2. The van der Waals surface area contributed by atoms with Gasteiger partial charge in [0.25, 0.3) is 10.0 Å². The van der Waals surface area contributed by atoms with Gasteiger partial charge in [0.05, 0.1) is 11.9 Å². The maximum absolute atomic E-state index is 12.2. The van der Waals surface area contributed by atoms with E-state index in [1.54, 1.807) is 0 Å². The second-order valence-corrected chi connectivity index (χ2v) is 6.38. The highest BCUT2D eigenvalue weighted by Gasteiger charge is 2.22. The molecule has 0 radical (unpaired) electrons. The summed E-state index contributed by atoms with van der Waals surface area (Å²) in [5.74, 6) is 0. The number of nitrogens with zero attached hydrogens (tertiary/aromatic N) is 2. The van der Waals surface area contributed by atoms with E-state index >= 15 is 0 Å². The Morgan fingerprint density at radius 1 is 1.22 bits per heavy atom. The Morgan fingerprint density at radius 3 is 2.33 bits per heavy atom. The molecule has 8 heteroatoms. The lowest BCUT2D eigenvalue weighted by Gasteiger charge is -2.18. The summed E-state index contributed by atoms with van der Waals surface area (Å²) in [4.78, 5) is 0.0705. The molecule has 1 aromatic heterocycles. The van der Waals surface area contributed by atoms with Gasteiger partial charge in [0, 0.05) is 23.3 Å². The zero-order valence-electron chi connectivity index (χ0n) is 9.26. The maximum atomic E-state index is 12.2. The van der Waals surface area contributed by atoms with Crippen molar-refractivity contribution in [3.63, 3.8) is 0 Å². The fourth-order valence-corrected chi connectivity index (χ4v) is 3.00. The highest BCUT2D eigenvalue weighted by molar-refractivity contribution is 7.92. The molecule has 0 bridgehead atoms. The van der Waals surface area contributed by atoms with Gasteiger partial charge in [0.15, 0.2) is 0 Å². The van der Waals surface area contributed by atoms with Crippen molar-refractivity contribution in [3.05, 3.63) is 40.6 Å². The molecule has 0 saturated carbocycles. The molecule has 5 nitrogen and oxygen atoms in total. The Hall–Kier alpha value is -1.24. The zero-order valence-corrected chi connectivity index (χ0v) is 11.6. The van der Waals surface area contributed by atoms with E-state index in [1.807, 2.05) is 0 Å². The topological polar surface area (TPSA) is 66.1 Å². The third-order valence-electron chi connectivity index (χ3n) is 2.34. The normalized spacial score (nSPS) is 11.5. The third-order valence-corrected chi connectivity index (χ3v) is 4.53. The fourth-order valence-electron chi connectivity index (χ4n) is 1.40. The van der Waals surface area contributed by atoms with Gasteiger partial charge in [-0.3, -0.25) is 9.40 Å². The van der Waals surface area contributed by atoms with Crippen molar-refractivity contribution in [1.82, 2.24) is 10.2 Å². The number of aromatic amines is 1. The van der Waals surface area contributed by atoms with Gasteiger partial charge >= 0.3 is 0 Å². The van der Waals surface area contributed by atoms with Crippen molar-refractivity contribution >= 4 is 38.9 Å². The van der Waals surface area contributed by atoms with Crippen LogP contribution in [-0.2, 0) is 10.0 Å². The van der Waals surface area contributed by atoms with Crippen LogP contribution in [0.1, 0.15) is 0 Å². The molecule has 0 unspecified atom stereocenters. The summed E-state index contributed by atoms with van der Waals surface area (Å²) in [5.41, 5.74) is 0.383. The number of anilines is 1. The van der Waals surface area contributed by atoms with Gasteiger partial charge in [0.1, 0.15) is 4.90 Å². The molecule has 96 valence electrons. The summed E-state index contributed by atoms with van der Waals surface area (Å²) >= 11 is 11.7. The molecule has 1 heterocycles. The van der Waals surface area contributed by atoms with Crippen molar-refractivity contribution in [2.45, 2.75) is 4.90 Å². The molecule has 1 aromatic carbocycles. The van der Waals surface area contributed by atoms with E-state index < -0.39 is 10.0 Å². The molecule has 0 atom stereocenters. The van der Waals surface area contributed by atoms with Crippen molar-refractivity contribution in [2.24, 2.45) is 0 Å². The lowest BCUT2D eigenvalue weighted by Crippen LogP contribution is -2.26. The van der Waals surface area contributed by atoms with E-state index in [-0.39, 0.29) is 4.90 Å². The van der Waals surface area contributed by atoms with E-state index in [1.165, 1.54) is 37.6 Å². The Kier molecular flexibility index (Phi) is 3.52. The standard InChI is InChI=1S/C10H9Cl2N3O2S/c1-15(9-3-7(11)2-8(12)4-9)18(16,17)10-5-13-14-6-10/h2-6H,1H3,(H,13,14). The minimum Gasteiger partial charge on any atom is -0.284 e. The molecule has 0 saturated heterocycles.